The number of hydrogen-bond donors (Lipinski definition) is 1. The summed E-state index contributed by atoms with van der Waals surface area (Å²) >= 11 is 3.28. The monoisotopic (exact) mass is 415 g/mol. The first-order valence-corrected chi connectivity index (χ1v) is 11.1. The second-order valence-electron chi connectivity index (χ2n) is 7.06. The van der Waals surface area contributed by atoms with Crippen LogP contribution in [0.2, 0.25) is 0 Å². The minimum atomic E-state index is -0.0731. The zero-order valence-corrected chi connectivity index (χ0v) is 17.4. The van der Waals surface area contributed by atoms with E-state index in [0.29, 0.717) is 25.7 Å². The Balaban J connectivity index is 1.43. The van der Waals surface area contributed by atoms with Crippen LogP contribution in [0.4, 0.5) is 5.69 Å². The van der Waals surface area contributed by atoms with Crippen LogP contribution in [0.25, 0.3) is 10.2 Å². The lowest BCUT2D eigenvalue weighted by atomic mass is 9.88. The molecule has 3 aromatic rings. The number of benzene rings is 1. The van der Waals surface area contributed by atoms with E-state index in [1.807, 2.05) is 32.0 Å². The quantitative estimate of drug-likeness (QED) is 0.597. The van der Waals surface area contributed by atoms with Crippen molar-refractivity contribution < 1.29 is 14.1 Å². The van der Waals surface area contributed by atoms with Crippen molar-refractivity contribution in [1.29, 1.82) is 0 Å². The number of carbonyl (C=O) groups excluding carboxylic acids is 2. The van der Waals surface area contributed by atoms with Crippen molar-refractivity contribution in [2.45, 2.75) is 49.6 Å². The van der Waals surface area contributed by atoms with E-state index in [2.05, 4.69) is 15.5 Å². The summed E-state index contributed by atoms with van der Waals surface area (Å²) in [6.07, 6.45) is 2.32. The third-order valence-corrected chi connectivity index (χ3v) is 7.26. The number of aryl methyl sites for hydroxylation is 2. The largest absolute Gasteiger partial charge is 0.361 e. The highest BCUT2D eigenvalue weighted by molar-refractivity contribution is 8.00. The van der Waals surface area contributed by atoms with E-state index in [1.54, 1.807) is 23.1 Å². The van der Waals surface area contributed by atoms with Crippen molar-refractivity contribution in [2.24, 2.45) is 5.92 Å². The first kappa shape index (κ1) is 19.1. The van der Waals surface area contributed by atoms with E-state index >= 15 is 0 Å². The van der Waals surface area contributed by atoms with E-state index in [0.717, 1.165) is 43.0 Å². The van der Waals surface area contributed by atoms with Crippen LogP contribution in [0.5, 0.6) is 0 Å². The van der Waals surface area contributed by atoms with Gasteiger partial charge in [0.2, 0.25) is 5.91 Å². The molecule has 1 aliphatic carbocycles. The smallest absolute Gasteiger partial charge is 0.227 e. The third-order valence-electron chi connectivity index (χ3n) is 5.07. The van der Waals surface area contributed by atoms with Crippen molar-refractivity contribution in [3.63, 3.8) is 0 Å². The Morgan fingerprint density at radius 2 is 2.11 bits per heavy atom. The third kappa shape index (κ3) is 4.12. The summed E-state index contributed by atoms with van der Waals surface area (Å²) in [5.41, 5.74) is 3.73. The van der Waals surface area contributed by atoms with Gasteiger partial charge in [0.1, 0.15) is 11.5 Å². The van der Waals surface area contributed by atoms with E-state index in [-0.39, 0.29) is 17.6 Å². The molecule has 6 nitrogen and oxygen atoms in total. The highest BCUT2D eigenvalue weighted by Crippen LogP contribution is 2.34. The number of thiazole rings is 1. The van der Waals surface area contributed by atoms with Crippen LogP contribution in [-0.2, 0) is 15.3 Å². The molecule has 2 aromatic heterocycles. The lowest BCUT2D eigenvalue weighted by molar-refractivity contribution is -0.125. The van der Waals surface area contributed by atoms with Gasteiger partial charge in [-0.05, 0) is 44.9 Å². The van der Waals surface area contributed by atoms with Gasteiger partial charge in [0.15, 0.2) is 4.34 Å². The number of ketones is 1. The number of thioether (sulfide) groups is 1. The van der Waals surface area contributed by atoms with Gasteiger partial charge in [-0.15, -0.1) is 11.3 Å². The Morgan fingerprint density at radius 3 is 2.82 bits per heavy atom. The summed E-state index contributed by atoms with van der Waals surface area (Å²) in [4.78, 5) is 28.5. The lowest BCUT2D eigenvalue weighted by Gasteiger charge is -2.20. The molecule has 1 saturated carbocycles. The molecule has 8 heteroatoms. The number of amides is 1. The van der Waals surface area contributed by atoms with E-state index in [9.17, 15) is 9.59 Å². The standard InChI is InChI=1S/C20H21N3O3S2/c1-11-16(12(2)26-23-11)10-27-20-22-17-8-5-14(9-18(17)28-20)21-19(25)13-3-6-15(24)7-4-13/h5,8-9,13H,3-4,6-7,10H2,1-2H3,(H,21,25). The minimum absolute atomic E-state index is 0.00405. The molecular weight excluding hydrogens is 394 g/mol. The molecule has 1 aromatic carbocycles. The molecule has 0 saturated heterocycles. The molecule has 0 atom stereocenters. The summed E-state index contributed by atoms with van der Waals surface area (Å²) < 4.78 is 7.23. The van der Waals surface area contributed by atoms with Crippen LogP contribution in [0.15, 0.2) is 27.1 Å². The van der Waals surface area contributed by atoms with E-state index in [1.165, 1.54) is 0 Å². The Hall–Kier alpha value is -2.19. The zero-order chi connectivity index (χ0) is 19.7. The van der Waals surface area contributed by atoms with Gasteiger partial charge in [0.25, 0.3) is 0 Å². The number of carbonyl (C=O) groups is 2. The lowest BCUT2D eigenvalue weighted by Crippen LogP contribution is -2.27. The molecule has 28 heavy (non-hydrogen) atoms. The highest BCUT2D eigenvalue weighted by Gasteiger charge is 2.25. The van der Waals surface area contributed by atoms with Crippen LogP contribution < -0.4 is 5.32 Å². The van der Waals surface area contributed by atoms with Crippen molar-refractivity contribution >= 4 is 50.7 Å². The van der Waals surface area contributed by atoms with Gasteiger partial charge in [-0.1, -0.05) is 16.9 Å². The van der Waals surface area contributed by atoms with Gasteiger partial charge in [-0.25, -0.2) is 4.98 Å². The van der Waals surface area contributed by atoms with Crippen molar-refractivity contribution in [2.75, 3.05) is 5.32 Å². The number of anilines is 1. The maximum atomic E-state index is 12.5. The molecule has 0 unspecified atom stereocenters. The van der Waals surface area contributed by atoms with Crippen LogP contribution >= 0.6 is 23.1 Å². The Bertz CT molecular complexity index is 1010. The number of nitrogens with one attached hydrogen (secondary N) is 1. The van der Waals surface area contributed by atoms with Crippen LogP contribution in [0, 0.1) is 19.8 Å². The summed E-state index contributed by atoms with van der Waals surface area (Å²) in [5.74, 6) is 1.81. The van der Waals surface area contributed by atoms with Crippen molar-refractivity contribution in [3.8, 4) is 0 Å². The molecule has 1 amide bonds. The summed E-state index contributed by atoms with van der Waals surface area (Å²) in [7, 11) is 0. The van der Waals surface area contributed by atoms with Gasteiger partial charge in [0, 0.05) is 35.8 Å². The fourth-order valence-corrected chi connectivity index (χ4v) is 5.59. The van der Waals surface area contributed by atoms with E-state index in [4.69, 9.17) is 4.52 Å². The molecule has 0 spiro atoms. The van der Waals surface area contributed by atoms with Crippen LogP contribution in [0.3, 0.4) is 0 Å². The summed E-state index contributed by atoms with van der Waals surface area (Å²) in [6.45, 7) is 3.87. The summed E-state index contributed by atoms with van der Waals surface area (Å²) in [6, 6.07) is 5.79. The summed E-state index contributed by atoms with van der Waals surface area (Å²) in [5, 5.41) is 6.99. The maximum absolute atomic E-state index is 12.5. The molecule has 0 bridgehead atoms. The van der Waals surface area contributed by atoms with Crippen LogP contribution in [-0.4, -0.2) is 21.8 Å². The second kappa shape index (κ2) is 8.05. The van der Waals surface area contributed by atoms with Crippen molar-refractivity contribution in [1.82, 2.24) is 10.1 Å². The SMILES string of the molecule is Cc1noc(C)c1CSc1nc2ccc(NC(=O)C3CCC(=O)CC3)cc2s1. The molecule has 146 valence electrons. The first-order valence-electron chi connectivity index (χ1n) is 9.27. The fraction of sp³-hybridized carbons (Fsp3) is 0.400. The average Bonchev–Trinajstić information content (AvgIpc) is 3.22. The Kier molecular flexibility index (Phi) is 5.50. The predicted molar refractivity (Wildman–Crippen MR) is 111 cm³/mol. The predicted octanol–water partition coefficient (Wildman–Crippen LogP) is 4.89. The molecule has 1 fully saturated rings. The number of nitrogens with zero attached hydrogens (tertiary/aromatic N) is 2. The molecular formula is C20H21N3O3S2. The van der Waals surface area contributed by atoms with E-state index < -0.39 is 0 Å². The normalized spacial score (nSPS) is 15.3. The van der Waals surface area contributed by atoms with Gasteiger partial charge >= 0.3 is 0 Å². The zero-order valence-electron chi connectivity index (χ0n) is 15.8. The number of fused-ring (bicyclic) bond motifs is 1. The van der Waals surface area contributed by atoms with Gasteiger partial charge in [-0.3, -0.25) is 9.59 Å². The molecule has 2 heterocycles. The maximum Gasteiger partial charge on any atom is 0.227 e. The Morgan fingerprint density at radius 1 is 1.32 bits per heavy atom. The average molecular weight is 416 g/mol. The number of aromatic nitrogens is 2. The number of Topliss-reactive ketones (excluding diaryl/α,β-unsaturated/α-hetero) is 1. The molecule has 1 aliphatic rings. The number of rotatable bonds is 5. The molecule has 1 N–H and O–H groups in total. The van der Waals surface area contributed by atoms with Gasteiger partial charge in [0.05, 0.1) is 15.9 Å². The molecule has 0 aliphatic heterocycles. The highest BCUT2D eigenvalue weighted by atomic mass is 32.2. The Labute approximate surface area is 171 Å². The number of hydrogen-bond acceptors (Lipinski definition) is 7. The fourth-order valence-electron chi connectivity index (χ4n) is 3.33. The second-order valence-corrected chi connectivity index (χ2v) is 9.31. The van der Waals surface area contributed by atoms with Gasteiger partial charge < -0.3 is 9.84 Å². The van der Waals surface area contributed by atoms with Crippen LogP contribution in [0.1, 0.15) is 42.7 Å². The topological polar surface area (TPSA) is 85.1 Å². The minimum Gasteiger partial charge on any atom is -0.361 e. The molecule has 0 radical (unpaired) electrons. The molecule has 4 rings (SSSR count). The first-order chi connectivity index (χ1) is 13.5. The van der Waals surface area contributed by atoms with Crippen molar-refractivity contribution in [3.05, 3.63) is 35.2 Å². The van der Waals surface area contributed by atoms with Gasteiger partial charge in [-0.2, -0.15) is 0 Å².